The van der Waals surface area contributed by atoms with Gasteiger partial charge in [-0.1, -0.05) is 91.5 Å². The molecule has 184 valence electrons. The molecule has 5 aromatic carbocycles. The summed E-state index contributed by atoms with van der Waals surface area (Å²) >= 11 is 0. The lowest BCUT2D eigenvalue weighted by atomic mass is 9.91. The summed E-state index contributed by atoms with van der Waals surface area (Å²) < 4.78 is 0. The maximum atomic E-state index is 4.80. The number of pyridine rings is 2. The highest BCUT2D eigenvalue weighted by molar-refractivity contribution is 6.15. The Morgan fingerprint density at radius 2 is 1.33 bits per heavy atom. The fraction of sp³-hybridized carbons (Fsp3) is 0.0270. The van der Waals surface area contributed by atoms with Crippen molar-refractivity contribution in [3.05, 3.63) is 145 Å². The van der Waals surface area contributed by atoms with E-state index in [-0.39, 0.29) is 0 Å². The summed E-state index contributed by atoms with van der Waals surface area (Å²) in [5, 5.41) is 9.63. The number of hydrogen-bond acceptors (Lipinski definition) is 2. The summed E-state index contributed by atoms with van der Waals surface area (Å²) in [7, 11) is 0. The average molecular weight is 499 g/mol. The standard InChI is InChI=1S/C37H26N2/c1-3-25(31-20-29-17-16-26-11-8-18-38-36(26)37(29)39-23-31)15-14-24(2)34-22-30-19-27-9-4-5-10-28(27)21-35(30)33-13-7-6-12-32(33)34/h3-23H,2H2,1H3/b15-14-,25-3+. The molecule has 39 heavy (non-hydrogen) atoms. The van der Waals surface area contributed by atoms with Crippen LogP contribution in [-0.2, 0) is 0 Å². The first-order valence-electron chi connectivity index (χ1n) is 13.2. The first-order chi connectivity index (χ1) is 19.2. The van der Waals surface area contributed by atoms with Gasteiger partial charge >= 0.3 is 0 Å². The maximum absolute atomic E-state index is 4.80. The largest absolute Gasteiger partial charge is 0.254 e. The minimum absolute atomic E-state index is 0.927. The Hall–Kier alpha value is -5.08. The number of hydrogen-bond donors (Lipinski definition) is 0. The van der Waals surface area contributed by atoms with Crippen LogP contribution >= 0.6 is 0 Å². The van der Waals surface area contributed by atoms with E-state index in [0.29, 0.717) is 0 Å². The van der Waals surface area contributed by atoms with E-state index >= 15 is 0 Å². The van der Waals surface area contributed by atoms with E-state index in [2.05, 4.69) is 128 Å². The molecule has 0 atom stereocenters. The molecule has 0 bridgehead atoms. The normalized spacial score (nSPS) is 12.4. The molecule has 0 saturated heterocycles. The smallest absolute Gasteiger partial charge is 0.0964 e. The van der Waals surface area contributed by atoms with E-state index in [1.165, 1.54) is 32.3 Å². The Bertz CT molecular complexity index is 2150. The van der Waals surface area contributed by atoms with Crippen LogP contribution in [0.4, 0.5) is 0 Å². The maximum Gasteiger partial charge on any atom is 0.0964 e. The van der Waals surface area contributed by atoms with E-state index in [4.69, 9.17) is 4.98 Å². The molecule has 0 saturated carbocycles. The van der Waals surface area contributed by atoms with Gasteiger partial charge in [-0.3, -0.25) is 9.97 Å². The van der Waals surface area contributed by atoms with E-state index in [9.17, 15) is 0 Å². The molecule has 0 fully saturated rings. The lowest BCUT2D eigenvalue weighted by molar-refractivity contribution is 1.36. The third kappa shape index (κ3) is 3.98. The topological polar surface area (TPSA) is 25.8 Å². The van der Waals surface area contributed by atoms with Crippen LogP contribution in [0.1, 0.15) is 18.1 Å². The molecule has 0 spiro atoms. The first-order valence-corrected chi connectivity index (χ1v) is 13.2. The van der Waals surface area contributed by atoms with Gasteiger partial charge in [0.1, 0.15) is 0 Å². The van der Waals surface area contributed by atoms with Gasteiger partial charge in [0.05, 0.1) is 11.0 Å². The lowest BCUT2D eigenvalue weighted by Gasteiger charge is -2.12. The van der Waals surface area contributed by atoms with Crippen LogP contribution in [0.5, 0.6) is 0 Å². The molecular weight excluding hydrogens is 472 g/mol. The van der Waals surface area contributed by atoms with Crippen LogP contribution < -0.4 is 0 Å². The van der Waals surface area contributed by atoms with Gasteiger partial charge < -0.3 is 0 Å². The molecular formula is C37H26N2. The first kappa shape index (κ1) is 23.1. The Balaban J connectivity index is 1.29. The van der Waals surface area contributed by atoms with Crippen LogP contribution in [0, 0.1) is 0 Å². The third-order valence-corrected chi connectivity index (χ3v) is 7.60. The zero-order valence-corrected chi connectivity index (χ0v) is 21.7. The minimum Gasteiger partial charge on any atom is -0.254 e. The van der Waals surface area contributed by atoms with Gasteiger partial charge in [0.15, 0.2) is 0 Å². The minimum atomic E-state index is 0.927. The molecule has 2 heterocycles. The Labute approximate surface area is 227 Å². The van der Waals surface area contributed by atoms with Crippen molar-refractivity contribution in [2.24, 2.45) is 0 Å². The van der Waals surface area contributed by atoms with Crippen LogP contribution in [0.2, 0.25) is 0 Å². The summed E-state index contributed by atoms with van der Waals surface area (Å²) in [5.74, 6) is 0. The SMILES string of the molecule is C=C(/C=C\C(=C/C)c1cnc2c(ccc3cccnc32)c1)c1cc2cc3ccccc3cc2c2ccccc12. The fourth-order valence-corrected chi connectivity index (χ4v) is 5.60. The summed E-state index contributed by atoms with van der Waals surface area (Å²) in [5.41, 5.74) is 6.15. The van der Waals surface area contributed by atoms with Crippen LogP contribution in [-0.4, -0.2) is 9.97 Å². The monoisotopic (exact) mass is 498 g/mol. The van der Waals surface area contributed by atoms with Crippen molar-refractivity contribution >= 4 is 65.3 Å². The van der Waals surface area contributed by atoms with Crippen molar-refractivity contribution < 1.29 is 0 Å². The van der Waals surface area contributed by atoms with E-state index < -0.39 is 0 Å². The molecule has 2 nitrogen and oxygen atoms in total. The van der Waals surface area contributed by atoms with Gasteiger partial charge in [-0.05, 0) is 86.3 Å². The molecule has 0 aliphatic carbocycles. The highest BCUT2D eigenvalue weighted by Crippen LogP contribution is 2.35. The molecule has 7 rings (SSSR count). The summed E-state index contributed by atoms with van der Waals surface area (Å²) in [6.45, 7) is 6.55. The van der Waals surface area contributed by atoms with Crippen molar-refractivity contribution in [2.75, 3.05) is 0 Å². The molecule has 0 unspecified atom stereocenters. The number of aromatic nitrogens is 2. The van der Waals surface area contributed by atoms with Gasteiger partial charge in [-0.2, -0.15) is 0 Å². The van der Waals surface area contributed by atoms with Gasteiger partial charge in [0.25, 0.3) is 0 Å². The number of fused-ring (bicyclic) bond motifs is 7. The van der Waals surface area contributed by atoms with E-state index in [1.54, 1.807) is 0 Å². The molecule has 0 aliphatic heterocycles. The van der Waals surface area contributed by atoms with Gasteiger partial charge in [-0.15, -0.1) is 0 Å². The van der Waals surface area contributed by atoms with Gasteiger partial charge in [0.2, 0.25) is 0 Å². The molecule has 0 N–H and O–H groups in total. The third-order valence-electron chi connectivity index (χ3n) is 7.60. The number of rotatable bonds is 4. The second-order valence-corrected chi connectivity index (χ2v) is 9.93. The van der Waals surface area contributed by atoms with E-state index in [0.717, 1.165) is 44.1 Å². The molecule has 0 radical (unpaired) electrons. The molecule has 7 aromatic rings. The van der Waals surface area contributed by atoms with Gasteiger partial charge in [-0.25, -0.2) is 0 Å². The summed E-state index contributed by atoms with van der Waals surface area (Å²) in [6.07, 6.45) is 10.1. The Morgan fingerprint density at radius 3 is 2.18 bits per heavy atom. The van der Waals surface area contributed by atoms with Crippen molar-refractivity contribution in [3.8, 4) is 0 Å². The van der Waals surface area contributed by atoms with Crippen LogP contribution in [0.25, 0.3) is 65.3 Å². The fourth-order valence-electron chi connectivity index (χ4n) is 5.60. The van der Waals surface area contributed by atoms with Crippen molar-refractivity contribution in [1.82, 2.24) is 9.97 Å². The predicted octanol–water partition coefficient (Wildman–Crippen LogP) is 9.92. The summed E-state index contributed by atoms with van der Waals surface area (Å²) in [4.78, 5) is 9.36. The molecule has 2 heteroatoms. The highest BCUT2D eigenvalue weighted by atomic mass is 14.7. The van der Waals surface area contributed by atoms with Crippen molar-refractivity contribution in [1.29, 1.82) is 0 Å². The summed E-state index contributed by atoms with van der Waals surface area (Å²) in [6, 6.07) is 34.5. The van der Waals surface area contributed by atoms with Crippen molar-refractivity contribution in [2.45, 2.75) is 6.92 Å². The lowest BCUT2D eigenvalue weighted by Crippen LogP contribution is -1.89. The number of allylic oxidation sites excluding steroid dienone is 5. The second kappa shape index (κ2) is 9.34. The molecule has 0 aliphatic rings. The predicted molar refractivity (Wildman–Crippen MR) is 168 cm³/mol. The second-order valence-electron chi connectivity index (χ2n) is 9.93. The van der Waals surface area contributed by atoms with Gasteiger partial charge in [0, 0.05) is 28.7 Å². The average Bonchev–Trinajstić information content (AvgIpc) is 2.99. The molecule has 0 amide bonds. The zero-order valence-electron chi connectivity index (χ0n) is 21.7. The highest BCUT2D eigenvalue weighted by Gasteiger charge is 2.10. The zero-order chi connectivity index (χ0) is 26.3. The quantitative estimate of drug-likeness (QED) is 0.137. The van der Waals surface area contributed by atoms with Crippen LogP contribution in [0.15, 0.2) is 134 Å². The van der Waals surface area contributed by atoms with Crippen LogP contribution in [0.3, 0.4) is 0 Å². The Kier molecular flexibility index (Phi) is 5.53. The number of benzene rings is 5. The van der Waals surface area contributed by atoms with E-state index in [1.807, 2.05) is 18.5 Å². The van der Waals surface area contributed by atoms with Crippen molar-refractivity contribution in [3.63, 3.8) is 0 Å². The Morgan fingerprint density at radius 1 is 0.615 bits per heavy atom. The number of nitrogens with zero attached hydrogens (tertiary/aromatic N) is 2. The molecule has 2 aromatic heterocycles.